The van der Waals surface area contributed by atoms with Gasteiger partial charge >= 0.3 is 0 Å². The Hall–Kier alpha value is -0.820. The summed E-state index contributed by atoms with van der Waals surface area (Å²) in [5, 5.41) is 0. The van der Waals surface area contributed by atoms with E-state index in [1.54, 1.807) is 5.56 Å². The Morgan fingerprint density at radius 3 is 2.60 bits per heavy atom. The highest BCUT2D eigenvalue weighted by Gasteiger charge is 2.49. The van der Waals surface area contributed by atoms with Crippen molar-refractivity contribution in [3.63, 3.8) is 0 Å². The second kappa shape index (κ2) is 3.34. The fourth-order valence-corrected chi connectivity index (χ4v) is 3.44. The highest BCUT2D eigenvalue weighted by molar-refractivity contribution is 5.30. The lowest BCUT2D eigenvalue weighted by molar-refractivity contribution is 0.0237. The average Bonchev–Trinajstić information content (AvgIpc) is 2.25. The molecule has 1 aliphatic heterocycles. The maximum Gasteiger partial charge on any atom is 0.00152 e. The number of nitrogens with zero attached hydrogens (tertiary/aromatic N) is 1. The van der Waals surface area contributed by atoms with Crippen LogP contribution in [0.4, 0.5) is 0 Å². The number of fused-ring (bicyclic) bond motifs is 1. The summed E-state index contributed by atoms with van der Waals surface area (Å²) in [4.78, 5) is 2.49. The summed E-state index contributed by atoms with van der Waals surface area (Å²) >= 11 is 0. The smallest absolute Gasteiger partial charge is 0.00152 e. The molecule has 2 atom stereocenters. The van der Waals surface area contributed by atoms with Crippen molar-refractivity contribution in [1.29, 1.82) is 0 Å². The molecule has 1 aromatic rings. The zero-order chi connectivity index (χ0) is 10.3. The molecule has 1 aliphatic carbocycles. The van der Waals surface area contributed by atoms with E-state index in [9.17, 15) is 0 Å². The van der Waals surface area contributed by atoms with Crippen LogP contribution in [0.5, 0.6) is 0 Å². The molecule has 0 bridgehead atoms. The minimum atomic E-state index is 0.549. The standard InChI is InChI=1S/C14H19N/c1-15-10-9-14(8-7-13(14)11-15)12-5-3-2-4-6-12/h2-6,13H,7-11H2,1H3/t13-,14+/m0/s1. The van der Waals surface area contributed by atoms with Crippen LogP contribution in [-0.4, -0.2) is 25.0 Å². The molecular weight excluding hydrogens is 182 g/mol. The highest BCUT2D eigenvalue weighted by Crippen LogP contribution is 2.53. The summed E-state index contributed by atoms with van der Waals surface area (Å²) in [6, 6.07) is 11.2. The van der Waals surface area contributed by atoms with Gasteiger partial charge in [0.15, 0.2) is 0 Å². The summed E-state index contributed by atoms with van der Waals surface area (Å²) < 4.78 is 0. The van der Waals surface area contributed by atoms with Gasteiger partial charge in [0.05, 0.1) is 0 Å². The van der Waals surface area contributed by atoms with E-state index in [1.165, 1.54) is 32.4 Å². The molecule has 2 fully saturated rings. The van der Waals surface area contributed by atoms with Crippen LogP contribution in [0.3, 0.4) is 0 Å². The summed E-state index contributed by atoms with van der Waals surface area (Å²) in [5.74, 6) is 0.915. The first-order valence-electron chi connectivity index (χ1n) is 6.05. The Bertz CT molecular complexity index is 346. The van der Waals surface area contributed by atoms with Gasteiger partial charge in [0.2, 0.25) is 0 Å². The number of piperidine rings is 1. The zero-order valence-electron chi connectivity index (χ0n) is 9.45. The van der Waals surface area contributed by atoms with E-state index in [0.717, 1.165) is 5.92 Å². The minimum Gasteiger partial charge on any atom is -0.306 e. The quantitative estimate of drug-likeness (QED) is 0.675. The van der Waals surface area contributed by atoms with Gasteiger partial charge in [-0.3, -0.25) is 0 Å². The Morgan fingerprint density at radius 2 is 2.00 bits per heavy atom. The second-order valence-corrected chi connectivity index (χ2v) is 5.27. The molecule has 2 aliphatic rings. The van der Waals surface area contributed by atoms with Crippen LogP contribution in [0.15, 0.2) is 30.3 Å². The van der Waals surface area contributed by atoms with Gasteiger partial charge in [-0.25, -0.2) is 0 Å². The molecule has 1 aromatic carbocycles. The van der Waals surface area contributed by atoms with Crippen LogP contribution in [0.25, 0.3) is 0 Å². The normalized spacial score (nSPS) is 35.7. The third-order valence-corrected chi connectivity index (χ3v) is 4.54. The monoisotopic (exact) mass is 201 g/mol. The molecule has 0 spiro atoms. The molecule has 1 heteroatoms. The molecule has 80 valence electrons. The average molecular weight is 201 g/mol. The van der Waals surface area contributed by atoms with Gasteiger partial charge in [0, 0.05) is 12.0 Å². The number of hydrogen-bond acceptors (Lipinski definition) is 1. The van der Waals surface area contributed by atoms with Crippen LogP contribution in [-0.2, 0) is 5.41 Å². The van der Waals surface area contributed by atoms with Gasteiger partial charge in [-0.15, -0.1) is 0 Å². The predicted octanol–water partition coefficient (Wildman–Crippen LogP) is 2.67. The molecule has 1 saturated heterocycles. The first-order valence-corrected chi connectivity index (χ1v) is 6.05. The van der Waals surface area contributed by atoms with Crippen molar-refractivity contribution >= 4 is 0 Å². The fraction of sp³-hybridized carbons (Fsp3) is 0.571. The van der Waals surface area contributed by atoms with E-state index in [4.69, 9.17) is 0 Å². The van der Waals surface area contributed by atoms with Crippen molar-refractivity contribution in [3.05, 3.63) is 35.9 Å². The van der Waals surface area contributed by atoms with Gasteiger partial charge in [-0.2, -0.15) is 0 Å². The molecule has 15 heavy (non-hydrogen) atoms. The summed E-state index contributed by atoms with van der Waals surface area (Å²) in [6.07, 6.45) is 4.20. The van der Waals surface area contributed by atoms with E-state index in [1.807, 2.05) is 0 Å². The van der Waals surface area contributed by atoms with E-state index in [0.29, 0.717) is 5.41 Å². The lowest BCUT2D eigenvalue weighted by Crippen LogP contribution is -2.54. The summed E-state index contributed by atoms with van der Waals surface area (Å²) in [6.45, 7) is 2.57. The SMILES string of the molecule is CN1CC[C@@]2(c3ccccc3)CC[C@H]2C1. The Balaban J connectivity index is 1.91. The predicted molar refractivity (Wildman–Crippen MR) is 63.0 cm³/mol. The maximum absolute atomic E-state index is 2.49. The largest absolute Gasteiger partial charge is 0.306 e. The summed E-state index contributed by atoms with van der Waals surface area (Å²) in [5.41, 5.74) is 2.14. The van der Waals surface area contributed by atoms with Crippen molar-refractivity contribution in [2.75, 3.05) is 20.1 Å². The van der Waals surface area contributed by atoms with Crippen LogP contribution < -0.4 is 0 Å². The molecule has 0 unspecified atom stereocenters. The molecule has 1 nitrogen and oxygen atoms in total. The van der Waals surface area contributed by atoms with Crippen molar-refractivity contribution < 1.29 is 0 Å². The van der Waals surface area contributed by atoms with Crippen molar-refractivity contribution in [1.82, 2.24) is 4.90 Å². The fourth-order valence-electron chi connectivity index (χ4n) is 3.44. The van der Waals surface area contributed by atoms with Crippen molar-refractivity contribution in [2.24, 2.45) is 5.92 Å². The lowest BCUT2D eigenvalue weighted by Gasteiger charge is -2.55. The molecule has 1 saturated carbocycles. The van der Waals surface area contributed by atoms with Gasteiger partial charge in [-0.1, -0.05) is 30.3 Å². The molecule has 3 rings (SSSR count). The van der Waals surface area contributed by atoms with E-state index >= 15 is 0 Å². The van der Waals surface area contributed by atoms with Gasteiger partial charge in [0.1, 0.15) is 0 Å². The Kier molecular flexibility index (Phi) is 2.10. The number of hydrogen-bond donors (Lipinski definition) is 0. The third kappa shape index (κ3) is 1.33. The number of rotatable bonds is 1. The summed E-state index contributed by atoms with van der Waals surface area (Å²) in [7, 11) is 2.26. The third-order valence-electron chi connectivity index (χ3n) is 4.54. The highest BCUT2D eigenvalue weighted by atomic mass is 15.1. The Labute approximate surface area is 92.1 Å². The second-order valence-electron chi connectivity index (χ2n) is 5.27. The van der Waals surface area contributed by atoms with Gasteiger partial charge in [-0.05, 0) is 44.3 Å². The van der Waals surface area contributed by atoms with Gasteiger partial charge < -0.3 is 4.90 Å². The topological polar surface area (TPSA) is 3.24 Å². The number of likely N-dealkylation sites (tertiary alicyclic amines) is 1. The lowest BCUT2D eigenvalue weighted by atomic mass is 9.53. The van der Waals surface area contributed by atoms with Crippen molar-refractivity contribution in [2.45, 2.75) is 24.7 Å². The molecule has 0 amide bonds. The number of benzene rings is 1. The first kappa shape index (κ1) is 9.41. The van der Waals surface area contributed by atoms with Crippen LogP contribution in [0.2, 0.25) is 0 Å². The maximum atomic E-state index is 2.49. The van der Waals surface area contributed by atoms with E-state index in [2.05, 4.69) is 42.3 Å². The van der Waals surface area contributed by atoms with Gasteiger partial charge in [0.25, 0.3) is 0 Å². The van der Waals surface area contributed by atoms with E-state index in [-0.39, 0.29) is 0 Å². The van der Waals surface area contributed by atoms with Crippen molar-refractivity contribution in [3.8, 4) is 0 Å². The molecule has 0 N–H and O–H groups in total. The first-order chi connectivity index (χ1) is 7.31. The van der Waals surface area contributed by atoms with Crippen LogP contribution >= 0.6 is 0 Å². The minimum absolute atomic E-state index is 0.549. The molecule has 0 radical (unpaired) electrons. The zero-order valence-corrected chi connectivity index (χ0v) is 9.45. The van der Waals surface area contributed by atoms with Crippen LogP contribution in [0.1, 0.15) is 24.8 Å². The molecule has 1 heterocycles. The molecule has 0 aromatic heterocycles. The van der Waals surface area contributed by atoms with Crippen LogP contribution in [0, 0.1) is 5.92 Å². The molecular formula is C14H19N. The Morgan fingerprint density at radius 1 is 1.20 bits per heavy atom. The van der Waals surface area contributed by atoms with E-state index < -0.39 is 0 Å².